The van der Waals surface area contributed by atoms with Gasteiger partial charge in [0, 0.05) is 15.8 Å². The Hall–Kier alpha value is -0.340. The van der Waals surface area contributed by atoms with E-state index in [1.165, 1.54) is 54.7 Å². The fourth-order valence-electron chi connectivity index (χ4n) is 2.69. The molecule has 1 saturated carbocycles. The molecule has 2 rings (SSSR count). The average molecular weight is 237 g/mol. The summed E-state index contributed by atoms with van der Waals surface area (Å²) in [7, 11) is 0. The SMILES string of the molecule is Cc1ccc(C(N)CCC2CCCCC2)s1. The lowest BCUT2D eigenvalue weighted by atomic mass is 9.85. The minimum absolute atomic E-state index is 0.278. The quantitative estimate of drug-likeness (QED) is 0.824. The zero-order valence-electron chi connectivity index (χ0n) is 10.2. The highest BCUT2D eigenvalue weighted by Crippen LogP contribution is 2.31. The van der Waals surface area contributed by atoms with Gasteiger partial charge in [-0.1, -0.05) is 32.1 Å². The molecule has 2 heteroatoms. The van der Waals surface area contributed by atoms with E-state index >= 15 is 0 Å². The summed E-state index contributed by atoms with van der Waals surface area (Å²) in [5.74, 6) is 0.959. The smallest absolute Gasteiger partial charge is 0.0389 e. The first-order chi connectivity index (χ1) is 7.75. The minimum atomic E-state index is 0.278. The predicted molar refractivity (Wildman–Crippen MR) is 71.8 cm³/mol. The van der Waals surface area contributed by atoms with Crippen molar-refractivity contribution in [1.82, 2.24) is 0 Å². The molecule has 0 radical (unpaired) electrons. The van der Waals surface area contributed by atoms with Gasteiger partial charge in [-0.05, 0) is 37.8 Å². The van der Waals surface area contributed by atoms with E-state index < -0.39 is 0 Å². The summed E-state index contributed by atoms with van der Waals surface area (Å²) in [6, 6.07) is 4.66. The van der Waals surface area contributed by atoms with Crippen molar-refractivity contribution >= 4 is 11.3 Å². The van der Waals surface area contributed by atoms with Crippen LogP contribution in [0, 0.1) is 12.8 Å². The van der Waals surface area contributed by atoms with E-state index in [2.05, 4.69) is 19.1 Å². The van der Waals surface area contributed by atoms with Crippen LogP contribution in [0.1, 0.15) is 60.7 Å². The first-order valence-electron chi connectivity index (χ1n) is 6.57. The second-order valence-electron chi connectivity index (χ2n) is 5.14. The van der Waals surface area contributed by atoms with E-state index in [4.69, 9.17) is 5.73 Å². The van der Waals surface area contributed by atoms with Crippen molar-refractivity contribution in [2.75, 3.05) is 0 Å². The van der Waals surface area contributed by atoms with Crippen molar-refractivity contribution in [2.24, 2.45) is 11.7 Å². The third-order valence-electron chi connectivity index (χ3n) is 3.74. The zero-order chi connectivity index (χ0) is 11.4. The van der Waals surface area contributed by atoms with Gasteiger partial charge < -0.3 is 5.73 Å². The Labute approximate surface area is 103 Å². The van der Waals surface area contributed by atoms with Crippen molar-refractivity contribution in [2.45, 2.75) is 57.9 Å². The Kier molecular flexibility index (Phi) is 4.42. The number of aryl methyl sites for hydroxylation is 1. The van der Waals surface area contributed by atoms with Gasteiger partial charge in [-0.2, -0.15) is 0 Å². The highest BCUT2D eigenvalue weighted by Gasteiger charge is 2.15. The summed E-state index contributed by atoms with van der Waals surface area (Å²) in [4.78, 5) is 2.75. The molecule has 1 aromatic heterocycles. The van der Waals surface area contributed by atoms with Crippen molar-refractivity contribution in [3.05, 3.63) is 21.9 Å². The van der Waals surface area contributed by atoms with Crippen molar-refractivity contribution in [3.63, 3.8) is 0 Å². The molecule has 90 valence electrons. The van der Waals surface area contributed by atoms with Crippen LogP contribution in [0.25, 0.3) is 0 Å². The van der Waals surface area contributed by atoms with Gasteiger partial charge in [0.2, 0.25) is 0 Å². The highest BCUT2D eigenvalue weighted by atomic mass is 32.1. The predicted octanol–water partition coefficient (Wildman–Crippen LogP) is 4.42. The summed E-state index contributed by atoms with van der Waals surface area (Å²) in [6.07, 6.45) is 9.72. The molecule has 0 bridgehead atoms. The summed E-state index contributed by atoms with van der Waals surface area (Å²) in [5.41, 5.74) is 6.24. The van der Waals surface area contributed by atoms with Crippen LogP contribution in [0.3, 0.4) is 0 Å². The Bertz CT molecular complexity index is 312. The molecular weight excluding hydrogens is 214 g/mol. The molecule has 0 spiro atoms. The molecular formula is C14H23NS. The fourth-order valence-corrected chi connectivity index (χ4v) is 3.60. The normalized spacial score (nSPS) is 19.9. The number of thiophene rings is 1. The van der Waals surface area contributed by atoms with E-state index in [1.54, 1.807) is 0 Å². The highest BCUT2D eigenvalue weighted by molar-refractivity contribution is 7.12. The summed E-state index contributed by atoms with van der Waals surface area (Å²) < 4.78 is 0. The van der Waals surface area contributed by atoms with Crippen molar-refractivity contribution < 1.29 is 0 Å². The topological polar surface area (TPSA) is 26.0 Å². The fraction of sp³-hybridized carbons (Fsp3) is 0.714. The van der Waals surface area contributed by atoms with Gasteiger partial charge in [-0.3, -0.25) is 0 Å². The van der Waals surface area contributed by atoms with Crippen molar-refractivity contribution in [3.8, 4) is 0 Å². The number of hydrogen-bond donors (Lipinski definition) is 1. The Morgan fingerprint density at radius 1 is 1.31 bits per heavy atom. The maximum absolute atomic E-state index is 6.24. The molecule has 0 saturated heterocycles. The van der Waals surface area contributed by atoms with E-state index in [-0.39, 0.29) is 6.04 Å². The van der Waals surface area contributed by atoms with Crippen LogP contribution in [0.5, 0.6) is 0 Å². The van der Waals surface area contributed by atoms with Crippen LogP contribution >= 0.6 is 11.3 Å². The van der Waals surface area contributed by atoms with Crippen LogP contribution in [0.15, 0.2) is 12.1 Å². The molecule has 1 aliphatic rings. The third-order valence-corrected chi connectivity index (χ3v) is 4.87. The standard InChI is InChI=1S/C14H23NS/c1-11-7-10-14(16-11)13(15)9-8-12-5-3-2-4-6-12/h7,10,12-13H,2-6,8-9,15H2,1H3. The minimum Gasteiger partial charge on any atom is -0.323 e. The number of rotatable bonds is 4. The Balaban J connectivity index is 1.76. The lowest BCUT2D eigenvalue weighted by Gasteiger charge is -2.22. The second-order valence-corrected chi connectivity index (χ2v) is 6.46. The van der Waals surface area contributed by atoms with E-state index in [9.17, 15) is 0 Å². The van der Waals surface area contributed by atoms with Crippen LogP contribution in [-0.4, -0.2) is 0 Å². The lowest BCUT2D eigenvalue weighted by molar-refractivity contribution is 0.324. The van der Waals surface area contributed by atoms with E-state index in [0.29, 0.717) is 0 Å². The first kappa shape index (κ1) is 12.1. The van der Waals surface area contributed by atoms with Gasteiger partial charge in [-0.15, -0.1) is 11.3 Å². The molecule has 1 heterocycles. The molecule has 0 aliphatic heterocycles. The van der Waals surface area contributed by atoms with Gasteiger partial charge in [0.1, 0.15) is 0 Å². The summed E-state index contributed by atoms with van der Waals surface area (Å²) in [6.45, 7) is 2.15. The molecule has 1 nitrogen and oxygen atoms in total. The van der Waals surface area contributed by atoms with Crippen LogP contribution in [-0.2, 0) is 0 Å². The molecule has 1 fully saturated rings. The largest absolute Gasteiger partial charge is 0.323 e. The first-order valence-corrected chi connectivity index (χ1v) is 7.39. The molecule has 16 heavy (non-hydrogen) atoms. The Morgan fingerprint density at radius 2 is 2.06 bits per heavy atom. The second kappa shape index (κ2) is 5.83. The van der Waals surface area contributed by atoms with Crippen LogP contribution in [0.2, 0.25) is 0 Å². The number of nitrogens with two attached hydrogens (primary N) is 1. The maximum Gasteiger partial charge on any atom is 0.0389 e. The lowest BCUT2D eigenvalue weighted by Crippen LogP contribution is -2.13. The van der Waals surface area contributed by atoms with Gasteiger partial charge in [0.15, 0.2) is 0 Å². The van der Waals surface area contributed by atoms with E-state index in [1.807, 2.05) is 11.3 Å². The Morgan fingerprint density at radius 3 is 2.69 bits per heavy atom. The molecule has 1 aliphatic carbocycles. The van der Waals surface area contributed by atoms with Crippen molar-refractivity contribution in [1.29, 1.82) is 0 Å². The van der Waals surface area contributed by atoms with Crippen LogP contribution in [0.4, 0.5) is 0 Å². The van der Waals surface area contributed by atoms with E-state index in [0.717, 1.165) is 5.92 Å². The molecule has 1 unspecified atom stereocenters. The molecule has 0 amide bonds. The molecule has 1 aromatic rings. The molecule has 0 aromatic carbocycles. The summed E-state index contributed by atoms with van der Waals surface area (Å²) in [5, 5.41) is 0. The maximum atomic E-state index is 6.24. The summed E-state index contributed by atoms with van der Waals surface area (Å²) >= 11 is 1.86. The third kappa shape index (κ3) is 3.33. The molecule has 1 atom stereocenters. The average Bonchev–Trinajstić information content (AvgIpc) is 2.74. The zero-order valence-corrected chi connectivity index (χ0v) is 11.1. The number of hydrogen-bond acceptors (Lipinski definition) is 2. The van der Waals surface area contributed by atoms with Gasteiger partial charge >= 0.3 is 0 Å². The van der Waals surface area contributed by atoms with Gasteiger partial charge in [0.05, 0.1) is 0 Å². The van der Waals surface area contributed by atoms with Gasteiger partial charge in [0.25, 0.3) is 0 Å². The monoisotopic (exact) mass is 237 g/mol. The molecule has 2 N–H and O–H groups in total. The van der Waals surface area contributed by atoms with Crippen LogP contribution < -0.4 is 5.73 Å². The van der Waals surface area contributed by atoms with Gasteiger partial charge in [-0.25, -0.2) is 0 Å².